The van der Waals surface area contributed by atoms with Crippen molar-refractivity contribution in [2.75, 3.05) is 19.6 Å². The lowest BCUT2D eigenvalue weighted by Crippen LogP contribution is -2.58. The van der Waals surface area contributed by atoms with Gasteiger partial charge in [0.1, 0.15) is 17.8 Å². The summed E-state index contributed by atoms with van der Waals surface area (Å²) in [4.78, 5) is 73.8. The number of nitrogens with one attached hydrogen (secondary N) is 5. The highest BCUT2D eigenvalue weighted by Crippen LogP contribution is 2.11. The molecule has 0 spiro atoms. The molecular weight excluding hydrogens is 574 g/mol. The number of phenols is 1. The summed E-state index contributed by atoms with van der Waals surface area (Å²) in [6.07, 6.45) is -1.26. The third-order valence-corrected chi connectivity index (χ3v) is 6.27. The summed E-state index contributed by atoms with van der Waals surface area (Å²) in [5, 5.41) is 31.5. The van der Waals surface area contributed by atoms with Gasteiger partial charge in [-0.25, -0.2) is 0 Å². The second-order valence-corrected chi connectivity index (χ2v) is 10.0. The van der Waals surface area contributed by atoms with Gasteiger partial charge in [-0.2, -0.15) is 0 Å². The van der Waals surface area contributed by atoms with Gasteiger partial charge >= 0.3 is 0 Å². The fourth-order valence-corrected chi connectivity index (χ4v) is 3.90. The quantitative estimate of drug-likeness (QED) is 0.0884. The smallest absolute Gasteiger partial charge is 0.245 e. The largest absolute Gasteiger partial charge is 0.508 e. The van der Waals surface area contributed by atoms with Gasteiger partial charge in [0, 0.05) is 19.4 Å². The molecule has 15 nitrogen and oxygen atoms in total. The van der Waals surface area contributed by atoms with Crippen molar-refractivity contribution in [3.63, 3.8) is 0 Å². The Labute approximate surface area is 254 Å². The number of nitrogens with two attached hydrogens (primary N) is 2. The van der Waals surface area contributed by atoms with E-state index in [1.54, 1.807) is 42.5 Å². The van der Waals surface area contributed by atoms with Crippen molar-refractivity contribution in [2.45, 2.75) is 50.4 Å². The van der Waals surface area contributed by atoms with Gasteiger partial charge in [-0.05, 0) is 36.6 Å². The lowest BCUT2D eigenvalue weighted by atomic mass is 10.0. The summed E-state index contributed by atoms with van der Waals surface area (Å²) in [7, 11) is 0. The Morgan fingerprint density at radius 1 is 0.750 bits per heavy atom. The molecule has 0 unspecified atom stereocenters. The number of carbonyl (C=O) groups excluding carboxylic acids is 6. The van der Waals surface area contributed by atoms with Crippen molar-refractivity contribution >= 4 is 35.4 Å². The zero-order chi connectivity index (χ0) is 32.6. The number of benzene rings is 2. The Hall–Kier alpha value is -5.02. The highest BCUT2D eigenvalue weighted by atomic mass is 16.3. The van der Waals surface area contributed by atoms with Crippen molar-refractivity contribution in [3.8, 4) is 5.75 Å². The third kappa shape index (κ3) is 12.9. The maximum atomic E-state index is 13.2. The van der Waals surface area contributed by atoms with Crippen molar-refractivity contribution in [3.05, 3.63) is 65.7 Å². The van der Waals surface area contributed by atoms with Crippen LogP contribution in [0.3, 0.4) is 0 Å². The van der Waals surface area contributed by atoms with Crippen LogP contribution in [0.2, 0.25) is 0 Å². The molecule has 11 N–H and O–H groups in total. The highest BCUT2D eigenvalue weighted by molar-refractivity contribution is 5.94. The highest BCUT2D eigenvalue weighted by Gasteiger charge is 2.30. The zero-order valence-corrected chi connectivity index (χ0v) is 24.2. The Morgan fingerprint density at radius 2 is 1.36 bits per heavy atom. The second kappa shape index (κ2) is 17.8. The zero-order valence-electron chi connectivity index (χ0n) is 24.2. The van der Waals surface area contributed by atoms with Crippen molar-refractivity contribution in [1.29, 1.82) is 0 Å². The molecule has 0 aliphatic carbocycles. The van der Waals surface area contributed by atoms with Crippen LogP contribution in [0.25, 0.3) is 0 Å². The van der Waals surface area contributed by atoms with E-state index in [0.717, 1.165) is 0 Å². The number of rotatable bonds is 17. The third-order valence-electron chi connectivity index (χ3n) is 6.27. The summed E-state index contributed by atoms with van der Waals surface area (Å²) < 4.78 is 0. The van der Waals surface area contributed by atoms with Crippen LogP contribution < -0.4 is 38.1 Å². The van der Waals surface area contributed by atoms with E-state index in [1.165, 1.54) is 19.1 Å². The van der Waals surface area contributed by atoms with Gasteiger partial charge in [0.25, 0.3) is 0 Å². The standard InChI is InChI=1S/C29H39N7O8/c1-17(37)26(29(44)32-12-11-23(31)39)36-28(43)22(14-18-5-3-2-4-6-18)35-25(41)16-33-24(40)15-34-27(42)21(30)13-19-7-9-20(38)10-8-19/h2-10,17,21-22,26,37-38H,11-16,30H2,1H3,(H2,31,39)(H,32,44)(H,33,40)(H,34,42)(H,35,41)(H,36,43)/t17-,21+,22+,26+/m1/s1. The number of aliphatic hydroxyl groups excluding tert-OH is 1. The van der Waals surface area contributed by atoms with Crippen LogP contribution in [0.5, 0.6) is 5.75 Å². The van der Waals surface area contributed by atoms with Gasteiger partial charge in [-0.3, -0.25) is 28.8 Å². The maximum Gasteiger partial charge on any atom is 0.245 e. The average molecular weight is 614 g/mol. The first-order valence-electron chi connectivity index (χ1n) is 13.8. The molecule has 15 heteroatoms. The first-order valence-corrected chi connectivity index (χ1v) is 13.8. The molecule has 2 aromatic carbocycles. The van der Waals surface area contributed by atoms with E-state index in [4.69, 9.17) is 11.5 Å². The second-order valence-electron chi connectivity index (χ2n) is 10.0. The van der Waals surface area contributed by atoms with Gasteiger partial charge in [0.15, 0.2) is 0 Å². The van der Waals surface area contributed by atoms with E-state index in [1.807, 2.05) is 0 Å². The van der Waals surface area contributed by atoms with E-state index in [0.29, 0.717) is 11.1 Å². The van der Waals surface area contributed by atoms with Gasteiger partial charge in [-0.15, -0.1) is 0 Å². The number of primary amides is 1. The summed E-state index contributed by atoms with van der Waals surface area (Å²) in [5.41, 5.74) is 12.3. The molecule has 0 aromatic heterocycles. The molecule has 0 radical (unpaired) electrons. The van der Waals surface area contributed by atoms with E-state index in [-0.39, 0.29) is 31.6 Å². The molecule has 0 bridgehead atoms. The molecule has 44 heavy (non-hydrogen) atoms. The summed E-state index contributed by atoms with van der Waals surface area (Å²) >= 11 is 0. The molecule has 0 aliphatic heterocycles. The van der Waals surface area contributed by atoms with E-state index < -0.39 is 72.8 Å². The van der Waals surface area contributed by atoms with Crippen LogP contribution in [-0.2, 0) is 41.6 Å². The topological polar surface area (TPSA) is 255 Å². The van der Waals surface area contributed by atoms with E-state index >= 15 is 0 Å². The molecule has 238 valence electrons. The number of phenolic OH excluding ortho intramolecular Hbond substituents is 1. The average Bonchev–Trinajstić information content (AvgIpc) is 2.98. The number of hydrogen-bond acceptors (Lipinski definition) is 9. The fraction of sp³-hybridized carbons (Fsp3) is 0.379. The monoisotopic (exact) mass is 613 g/mol. The molecule has 0 fully saturated rings. The lowest BCUT2D eigenvalue weighted by molar-refractivity contribution is -0.134. The summed E-state index contributed by atoms with van der Waals surface area (Å²) in [5.74, 6) is -4.11. The Kier molecular flexibility index (Phi) is 14.3. The van der Waals surface area contributed by atoms with E-state index in [2.05, 4.69) is 26.6 Å². The molecule has 4 atom stereocenters. The number of amides is 6. The summed E-state index contributed by atoms with van der Waals surface area (Å²) in [6, 6.07) is 11.3. The number of aromatic hydroxyl groups is 1. The minimum atomic E-state index is -1.39. The predicted molar refractivity (Wildman–Crippen MR) is 158 cm³/mol. The molecule has 0 aliphatic rings. The molecule has 0 saturated carbocycles. The minimum absolute atomic E-state index is 0.0250. The number of carbonyl (C=O) groups is 6. The normalized spacial score (nSPS) is 13.3. The van der Waals surface area contributed by atoms with Gasteiger partial charge in [0.05, 0.1) is 25.2 Å². The SMILES string of the molecule is C[C@@H](O)[C@H](NC(=O)[C@H](Cc1ccccc1)NC(=O)CNC(=O)CNC(=O)[C@@H](N)Cc1ccc(O)cc1)C(=O)NCCC(N)=O. The summed E-state index contributed by atoms with van der Waals surface area (Å²) in [6.45, 7) is 0.213. The van der Waals surface area contributed by atoms with Crippen LogP contribution in [0.1, 0.15) is 24.5 Å². The van der Waals surface area contributed by atoms with Crippen molar-refractivity contribution < 1.29 is 39.0 Å². The predicted octanol–water partition coefficient (Wildman–Crippen LogP) is -2.92. The molecule has 2 rings (SSSR count). The van der Waals surface area contributed by atoms with Gasteiger partial charge in [-0.1, -0.05) is 42.5 Å². The first-order chi connectivity index (χ1) is 20.8. The van der Waals surface area contributed by atoms with Crippen LogP contribution in [0, 0.1) is 0 Å². The maximum absolute atomic E-state index is 13.2. The van der Waals surface area contributed by atoms with Crippen molar-refractivity contribution in [1.82, 2.24) is 26.6 Å². The lowest BCUT2D eigenvalue weighted by Gasteiger charge is -2.25. The van der Waals surface area contributed by atoms with Crippen LogP contribution >= 0.6 is 0 Å². The molecular formula is C29H39N7O8. The Balaban J connectivity index is 1.93. The van der Waals surface area contributed by atoms with Gasteiger partial charge < -0.3 is 48.3 Å². The van der Waals surface area contributed by atoms with E-state index in [9.17, 15) is 39.0 Å². The van der Waals surface area contributed by atoms with Gasteiger partial charge in [0.2, 0.25) is 35.4 Å². The molecule has 2 aromatic rings. The molecule has 0 saturated heterocycles. The minimum Gasteiger partial charge on any atom is -0.508 e. The first kappa shape index (κ1) is 35.2. The van der Waals surface area contributed by atoms with Crippen LogP contribution in [0.4, 0.5) is 0 Å². The van der Waals surface area contributed by atoms with Crippen molar-refractivity contribution in [2.24, 2.45) is 11.5 Å². The number of hydrogen-bond donors (Lipinski definition) is 9. The Morgan fingerprint density at radius 3 is 1.98 bits per heavy atom. The fourth-order valence-electron chi connectivity index (χ4n) is 3.90. The number of aliphatic hydroxyl groups is 1. The Bertz CT molecular complexity index is 1290. The van der Waals surface area contributed by atoms with Crippen LogP contribution in [-0.4, -0.2) is 89.5 Å². The molecule has 0 heterocycles. The van der Waals surface area contributed by atoms with Crippen LogP contribution in [0.15, 0.2) is 54.6 Å². The molecule has 6 amide bonds.